The van der Waals surface area contributed by atoms with Gasteiger partial charge < -0.3 is 5.32 Å². The van der Waals surface area contributed by atoms with E-state index in [9.17, 15) is 0 Å². The number of hydrogen-bond acceptors (Lipinski definition) is 4. The summed E-state index contributed by atoms with van der Waals surface area (Å²) in [7, 11) is 0. The summed E-state index contributed by atoms with van der Waals surface area (Å²) in [5.74, 6) is 0.923. The maximum absolute atomic E-state index is 4.55. The van der Waals surface area contributed by atoms with Gasteiger partial charge in [0.25, 0.3) is 0 Å². The number of nitrogens with zero attached hydrogens (tertiary/aromatic N) is 2. The van der Waals surface area contributed by atoms with Crippen molar-refractivity contribution in [2.24, 2.45) is 0 Å². The average Bonchev–Trinajstić information content (AvgIpc) is 2.50. The number of rotatable bonds is 4. The largest absolute Gasteiger partial charge is 0.355 e. The molecule has 0 radical (unpaired) electrons. The Hall–Kier alpha value is -0.640. The van der Waals surface area contributed by atoms with Crippen molar-refractivity contribution in [3.05, 3.63) is 5.82 Å². The van der Waals surface area contributed by atoms with E-state index in [0.29, 0.717) is 0 Å². The molecule has 0 unspecified atom stereocenters. The van der Waals surface area contributed by atoms with Crippen molar-refractivity contribution in [1.29, 1.82) is 0 Å². The van der Waals surface area contributed by atoms with Crippen molar-refractivity contribution in [2.75, 3.05) is 5.32 Å². The second kappa shape index (κ2) is 4.70. The molecule has 0 bridgehead atoms. The van der Waals surface area contributed by atoms with Crippen molar-refractivity contribution < 1.29 is 0 Å². The van der Waals surface area contributed by atoms with Crippen LogP contribution in [0.2, 0.25) is 0 Å². The minimum Gasteiger partial charge on any atom is -0.355 e. The molecule has 0 spiro atoms. The van der Waals surface area contributed by atoms with Gasteiger partial charge in [0, 0.05) is 22.5 Å². The fourth-order valence-electron chi connectivity index (χ4n) is 1.56. The van der Waals surface area contributed by atoms with Crippen molar-refractivity contribution >= 4 is 16.7 Å². The van der Waals surface area contributed by atoms with E-state index in [1.165, 1.54) is 18.0 Å². The van der Waals surface area contributed by atoms with Crippen LogP contribution < -0.4 is 5.32 Å². The molecule has 92 valence electrons. The normalized spacial score (nSPS) is 12.9. The first-order chi connectivity index (χ1) is 7.24. The van der Waals surface area contributed by atoms with Gasteiger partial charge in [-0.3, -0.25) is 0 Å². The second-order valence-corrected chi connectivity index (χ2v) is 6.68. The molecule has 4 heteroatoms. The smallest absolute Gasteiger partial charge is 0.203 e. The van der Waals surface area contributed by atoms with Gasteiger partial charge in [-0.05, 0) is 20.3 Å². The average molecular weight is 241 g/mol. The molecule has 0 saturated heterocycles. The van der Waals surface area contributed by atoms with E-state index < -0.39 is 0 Å². The van der Waals surface area contributed by atoms with Gasteiger partial charge in [0.15, 0.2) is 0 Å². The fraction of sp³-hybridized carbons (Fsp3) is 0.833. The molecule has 1 aromatic heterocycles. The summed E-state index contributed by atoms with van der Waals surface area (Å²) < 4.78 is 4.40. The molecule has 0 aliphatic heterocycles. The SMILES string of the molecule is CCCC(C)(C)Nc1nc(C(C)(C)C)ns1. The molecule has 1 aromatic rings. The van der Waals surface area contributed by atoms with E-state index in [0.717, 1.165) is 17.4 Å². The van der Waals surface area contributed by atoms with Gasteiger partial charge in [-0.1, -0.05) is 34.1 Å². The van der Waals surface area contributed by atoms with Crippen LogP contribution in [0.4, 0.5) is 5.13 Å². The molecule has 3 nitrogen and oxygen atoms in total. The summed E-state index contributed by atoms with van der Waals surface area (Å²) in [6.45, 7) is 13.0. The van der Waals surface area contributed by atoms with Crippen LogP contribution in [-0.4, -0.2) is 14.9 Å². The highest BCUT2D eigenvalue weighted by Crippen LogP contribution is 2.25. The van der Waals surface area contributed by atoms with Crippen LogP contribution in [-0.2, 0) is 5.41 Å². The number of hydrogen-bond donors (Lipinski definition) is 1. The Kier molecular flexibility index (Phi) is 3.94. The predicted octanol–water partition coefficient (Wildman–Crippen LogP) is 3.83. The van der Waals surface area contributed by atoms with Gasteiger partial charge >= 0.3 is 0 Å². The minimum atomic E-state index is 0.0331. The molecule has 0 atom stereocenters. The third-order valence-corrected chi connectivity index (χ3v) is 3.05. The van der Waals surface area contributed by atoms with E-state index >= 15 is 0 Å². The first-order valence-electron chi connectivity index (χ1n) is 5.87. The zero-order valence-corrected chi connectivity index (χ0v) is 12.0. The number of aromatic nitrogens is 2. The van der Waals surface area contributed by atoms with Crippen LogP contribution >= 0.6 is 11.5 Å². The monoisotopic (exact) mass is 241 g/mol. The maximum atomic E-state index is 4.55. The molecule has 0 fully saturated rings. The maximum Gasteiger partial charge on any atom is 0.203 e. The second-order valence-electron chi connectivity index (χ2n) is 5.93. The van der Waals surface area contributed by atoms with E-state index in [1.807, 2.05) is 0 Å². The quantitative estimate of drug-likeness (QED) is 0.870. The van der Waals surface area contributed by atoms with Crippen LogP contribution in [0.15, 0.2) is 0 Å². The van der Waals surface area contributed by atoms with Crippen molar-refractivity contribution in [3.63, 3.8) is 0 Å². The minimum absolute atomic E-state index is 0.0331. The summed E-state index contributed by atoms with van der Waals surface area (Å²) in [6, 6.07) is 0. The summed E-state index contributed by atoms with van der Waals surface area (Å²) in [6.07, 6.45) is 2.31. The Labute approximate surface area is 103 Å². The predicted molar refractivity (Wildman–Crippen MR) is 71.2 cm³/mol. The van der Waals surface area contributed by atoms with Crippen LogP contribution in [0.5, 0.6) is 0 Å². The zero-order chi connectivity index (χ0) is 12.4. The first-order valence-corrected chi connectivity index (χ1v) is 6.64. The Morgan fingerprint density at radius 3 is 2.25 bits per heavy atom. The van der Waals surface area contributed by atoms with Gasteiger partial charge in [-0.2, -0.15) is 4.37 Å². The third-order valence-electron chi connectivity index (χ3n) is 2.42. The van der Waals surface area contributed by atoms with Crippen LogP contribution in [0.1, 0.15) is 60.2 Å². The van der Waals surface area contributed by atoms with Gasteiger partial charge in [-0.25, -0.2) is 4.98 Å². The molecular formula is C12H23N3S. The van der Waals surface area contributed by atoms with E-state index in [-0.39, 0.29) is 11.0 Å². The van der Waals surface area contributed by atoms with Gasteiger partial charge in [0.2, 0.25) is 5.13 Å². The summed E-state index contributed by atoms with van der Waals surface area (Å²) in [5, 5.41) is 4.39. The summed E-state index contributed by atoms with van der Waals surface area (Å²) in [5.41, 5.74) is 0.134. The molecule has 0 aromatic carbocycles. The lowest BCUT2D eigenvalue weighted by atomic mass is 9.96. The van der Waals surface area contributed by atoms with Crippen LogP contribution in [0.25, 0.3) is 0 Å². The third kappa shape index (κ3) is 3.74. The van der Waals surface area contributed by atoms with E-state index in [1.54, 1.807) is 0 Å². The molecule has 1 rings (SSSR count). The molecule has 0 amide bonds. The highest BCUT2D eigenvalue weighted by atomic mass is 32.1. The molecule has 1 N–H and O–H groups in total. The van der Waals surface area contributed by atoms with Crippen LogP contribution in [0.3, 0.4) is 0 Å². The molecule has 0 saturated carbocycles. The first kappa shape index (κ1) is 13.4. The Morgan fingerprint density at radius 1 is 1.19 bits per heavy atom. The van der Waals surface area contributed by atoms with Gasteiger partial charge in [0.1, 0.15) is 5.82 Å². The standard InChI is InChI=1S/C12H23N3S/c1-7-8-12(5,6)14-10-13-9(15-16-10)11(2,3)4/h7-8H2,1-6H3,(H,13,14,15). The Morgan fingerprint density at radius 2 is 1.81 bits per heavy atom. The van der Waals surface area contributed by atoms with Crippen LogP contribution in [0, 0.1) is 0 Å². The molecule has 16 heavy (non-hydrogen) atoms. The lowest BCUT2D eigenvalue weighted by Crippen LogP contribution is -2.30. The van der Waals surface area contributed by atoms with Crippen molar-refractivity contribution in [2.45, 2.75) is 65.3 Å². The number of nitrogens with one attached hydrogen (secondary N) is 1. The van der Waals surface area contributed by atoms with Gasteiger partial charge in [0.05, 0.1) is 0 Å². The Balaban J connectivity index is 2.73. The molecule has 0 aliphatic rings. The molecular weight excluding hydrogens is 218 g/mol. The van der Waals surface area contributed by atoms with E-state index in [4.69, 9.17) is 0 Å². The van der Waals surface area contributed by atoms with E-state index in [2.05, 4.69) is 56.2 Å². The van der Waals surface area contributed by atoms with Crippen molar-refractivity contribution in [3.8, 4) is 0 Å². The Bertz CT molecular complexity index is 336. The fourth-order valence-corrected chi connectivity index (χ4v) is 2.49. The van der Waals surface area contributed by atoms with Gasteiger partial charge in [-0.15, -0.1) is 0 Å². The van der Waals surface area contributed by atoms with Crippen molar-refractivity contribution in [1.82, 2.24) is 9.36 Å². The number of anilines is 1. The highest BCUT2D eigenvalue weighted by Gasteiger charge is 2.22. The zero-order valence-electron chi connectivity index (χ0n) is 11.2. The lowest BCUT2D eigenvalue weighted by molar-refractivity contribution is 0.508. The molecule has 1 heterocycles. The topological polar surface area (TPSA) is 37.8 Å². The highest BCUT2D eigenvalue weighted by molar-refractivity contribution is 7.09. The summed E-state index contributed by atoms with van der Waals surface area (Å²) >= 11 is 1.46. The summed E-state index contributed by atoms with van der Waals surface area (Å²) in [4.78, 5) is 4.55. The molecule has 0 aliphatic carbocycles. The lowest BCUT2D eigenvalue weighted by Gasteiger charge is -2.25.